The number of aliphatic carboxylic acids is 1. The monoisotopic (exact) mass is 278 g/mol. The Balaban J connectivity index is 2.56. The molecule has 20 heavy (non-hydrogen) atoms. The van der Waals surface area contributed by atoms with Gasteiger partial charge in [-0.1, -0.05) is 31.2 Å². The largest absolute Gasteiger partial charge is 0.481 e. The van der Waals surface area contributed by atoms with Crippen molar-refractivity contribution in [2.24, 2.45) is 0 Å². The van der Waals surface area contributed by atoms with Crippen molar-refractivity contribution in [1.82, 2.24) is 10.2 Å². The molecule has 0 aliphatic carbocycles. The van der Waals surface area contributed by atoms with Gasteiger partial charge in [0, 0.05) is 13.1 Å². The summed E-state index contributed by atoms with van der Waals surface area (Å²) in [6, 6.07) is 7.48. The molecular weight excluding hydrogens is 256 g/mol. The lowest BCUT2D eigenvalue weighted by atomic mass is 10.1. The van der Waals surface area contributed by atoms with Gasteiger partial charge in [-0.05, 0) is 24.6 Å². The predicted octanol–water partition coefficient (Wildman–Crippen LogP) is 1.27. The van der Waals surface area contributed by atoms with Crippen molar-refractivity contribution in [1.29, 1.82) is 0 Å². The average molecular weight is 278 g/mol. The van der Waals surface area contributed by atoms with Gasteiger partial charge in [-0.15, -0.1) is 0 Å². The Labute approximate surface area is 119 Å². The van der Waals surface area contributed by atoms with E-state index in [-0.39, 0.29) is 12.3 Å². The first-order valence-electron chi connectivity index (χ1n) is 6.83. The van der Waals surface area contributed by atoms with Gasteiger partial charge in [0.2, 0.25) is 5.91 Å². The zero-order valence-corrected chi connectivity index (χ0v) is 12.1. The second-order valence-corrected chi connectivity index (χ2v) is 4.64. The number of nitrogens with one attached hydrogen (secondary N) is 1. The summed E-state index contributed by atoms with van der Waals surface area (Å²) < 4.78 is 0. The lowest BCUT2D eigenvalue weighted by Gasteiger charge is -2.19. The summed E-state index contributed by atoms with van der Waals surface area (Å²) in [6.07, 6.45) is 0.0384. The molecule has 1 aromatic carbocycles. The van der Waals surface area contributed by atoms with Crippen LogP contribution < -0.4 is 5.32 Å². The normalized spacial score (nSPS) is 10.6. The smallest absolute Gasteiger partial charge is 0.307 e. The molecule has 0 spiro atoms. The third-order valence-electron chi connectivity index (χ3n) is 2.97. The summed E-state index contributed by atoms with van der Waals surface area (Å²) in [5, 5.41) is 11.5. The summed E-state index contributed by atoms with van der Waals surface area (Å²) in [7, 11) is 0. The molecule has 5 nitrogen and oxygen atoms in total. The molecule has 0 heterocycles. The van der Waals surface area contributed by atoms with Crippen molar-refractivity contribution >= 4 is 11.9 Å². The highest BCUT2D eigenvalue weighted by Crippen LogP contribution is 2.08. The van der Waals surface area contributed by atoms with Crippen molar-refractivity contribution in [2.75, 3.05) is 19.6 Å². The molecule has 0 saturated carbocycles. The van der Waals surface area contributed by atoms with Crippen molar-refractivity contribution in [3.63, 3.8) is 0 Å². The van der Waals surface area contributed by atoms with Crippen LogP contribution in [-0.4, -0.2) is 41.5 Å². The van der Waals surface area contributed by atoms with Gasteiger partial charge in [0.05, 0.1) is 13.0 Å². The maximum atomic E-state index is 11.6. The third kappa shape index (κ3) is 5.84. The molecular formula is C15H22N2O3. The van der Waals surface area contributed by atoms with Crippen LogP contribution in [0.3, 0.4) is 0 Å². The van der Waals surface area contributed by atoms with Crippen molar-refractivity contribution < 1.29 is 14.7 Å². The SMILES string of the molecule is CCNC(=O)CN(CC)Cc1ccc(CC(=O)O)cc1. The molecule has 0 aliphatic heterocycles. The molecule has 1 amide bonds. The fourth-order valence-electron chi connectivity index (χ4n) is 1.93. The lowest BCUT2D eigenvalue weighted by molar-refractivity contribution is -0.136. The highest BCUT2D eigenvalue weighted by atomic mass is 16.4. The average Bonchev–Trinajstić information content (AvgIpc) is 2.40. The Bertz CT molecular complexity index is 443. The Morgan fingerprint density at radius 3 is 2.25 bits per heavy atom. The molecule has 0 unspecified atom stereocenters. The van der Waals surface area contributed by atoms with Gasteiger partial charge in [-0.2, -0.15) is 0 Å². The topological polar surface area (TPSA) is 69.6 Å². The van der Waals surface area contributed by atoms with E-state index in [4.69, 9.17) is 5.11 Å². The Morgan fingerprint density at radius 1 is 1.15 bits per heavy atom. The van der Waals surface area contributed by atoms with Crippen LogP contribution in [-0.2, 0) is 22.6 Å². The molecule has 0 fully saturated rings. The van der Waals surface area contributed by atoms with E-state index in [1.165, 1.54) is 0 Å². The van der Waals surface area contributed by atoms with Gasteiger partial charge < -0.3 is 10.4 Å². The fraction of sp³-hybridized carbons (Fsp3) is 0.467. The minimum Gasteiger partial charge on any atom is -0.481 e. The van der Waals surface area contributed by atoms with Crippen molar-refractivity contribution in [3.05, 3.63) is 35.4 Å². The van der Waals surface area contributed by atoms with Crippen LogP contribution in [0.25, 0.3) is 0 Å². The van der Waals surface area contributed by atoms with E-state index in [0.29, 0.717) is 19.6 Å². The Morgan fingerprint density at radius 2 is 1.75 bits per heavy atom. The number of carbonyl (C=O) groups excluding carboxylic acids is 1. The maximum absolute atomic E-state index is 11.6. The second kappa shape index (κ2) is 8.32. The van der Waals surface area contributed by atoms with E-state index in [2.05, 4.69) is 5.32 Å². The first kappa shape index (κ1) is 16.2. The van der Waals surface area contributed by atoms with E-state index >= 15 is 0 Å². The Hall–Kier alpha value is -1.88. The first-order valence-corrected chi connectivity index (χ1v) is 6.83. The molecule has 0 atom stereocenters. The van der Waals surface area contributed by atoms with E-state index in [1.54, 1.807) is 0 Å². The number of likely N-dealkylation sites (N-methyl/N-ethyl adjacent to an activating group) is 2. The van der Waals surface area contributed by atoms with Gasteiger partial charge in [-0.3, -0.25) is 14.5 Å². The van der Waals surface area contributed by atoms with Crippen LogP contribution in [0.2, 0.25) is 0 Å². The minimum absolute atomic E-state index is 0.0249. The van der Waals surface area contributed by atoms with Gasteiger partial charge in [0.25, 0.3) is 0 Å². The number of carboxylic acid groups (broad SMARTS) is 1. The van der Waals surface area contributed by atoms with Crippen LogP contribution in [0.4, 0.5) is 0 Å². The van der Waals surface area contributed by atoms with Crippen LogP contribution in [0, 0.1) is 0 Å². The molecule has 0 aliphatic rings. The van der Waals surface area contributed by atoms with E-state index < -0.39 is 5.97 Å². The van der Waals surface area contributed by atoms with Crippen molar-refractivity contribution in [2.45, 2.75) is 26.8 Å². The highest BCUT2D eigenvalue weighted by Gasteiger charge is 2.09. The molecule has 1 aromatic rings. The number of nitrogens with zero attached hydrogens (tertiary/aromatic N) is 1. The summed E-state index contributed by atoms with van der Waals surface area (Å²) in [4.78, 5) is 24.2. The summed E-state index contributed by atoms with van der Waals surface area (Å²) >= 11 is 0. The molecule has 1 rings (SSSR count). The number of amides is 1. The molecule has 0 radical (unpaired) electrons. The molecule has 110 valence electrons. The first-order chi connectivity index (χ1) is 9.55. The minimum atomic E-state index is -0.829. The maximum Gasteiger partial charge on any atom is 0.307 e. The van der Waals surface area contributed by atoms with Gasteiger partial charge in [0.15, 0.2) is 0 Å². The summed E-state index contributed by atoms with van der Waals surface area (Å²) in [5.74, 6) is -0.805. The molecule has 0 bridgehead atoms. The van der Waals surface area contributed by atoms with E-state index in [0.717, 1.165) is 17.7 Å². The fourth-order valence-corrected chi connectivity index (χ4v) is 1.93. The lowest BCUT2D eigenvalue weighted by Crippen LogP contribution is -2.36. The summed E-state index contributed by atoms with van der Waals surface area (Å²) in [5.41, 5.74) is 1.86. The van der Waals surface area contributed by atoms with Crippen LogP contribution >= 0.6 is 0 Å². The number of rotatable bonds is 8. The number of benzene rings is 1. The zero-order valence-electron chi connectivity index (χ0n) is 12.1. The summed E-state index contributed by atoms with van der Waals surface area (Å²) in [6.45, 7) is 6.39. The Kier molecular flexibility index (Phi) is 6.73. The van der Waals surface area contributed by atoms with E-state index in [9.17, 15) is 9.59 Å². The van der Waals surface area contributed by atoms with E-state index in [1.807, 2.05) is 43.0 Å². The number of hydrogen-bond acceptors (Lipinski definition) is 3. The molecule has 0 saturated heterocycles. The zero-order chi connectivity index (χ0) is 15.0. The highest BCUT2D eigenvalue weighted by molar-refractivity contribution is 5.77. The predicted molar refractivity (Wildman–Crippen MR) is 77.4 cm³/mol. The van der Waals surface area contributed by atoms with Crippen molar-refractivity contribution in [3.8, 4) is 0 Å². The van der Waals surface area contributed by atoms with Crippen LogP contribution in [0.1, 0.15) is 25.0 Å². The quantitative estimate of drug-likeness (QED) is 0.751. The molecule has 0 aromatic heterocycles. The molecule has 2 N–H and O–H groups in total. The third-order valence-corrected chi connectivity index (χ3v) is 2.97. The second-order valence-electron chi connectivity index (χ2n) is 4.64. The molecule has 5 heteroatoms. The number of hydrogen-bond donors (Lipinski definition) is 2. The number of carboxylic acids is 1. The van der Waals surface area contributed by atoms with Gasteiger partial charge in [0.1, 0.15) is 0 Å². The standard InChI is InChI=1S/C15H22N2O3/c1-3-16-14(18)11-17(4-2)10-13-7-5-12(6-8-13)9-15(19)20/h5-8H,3-4,9-11H2,1-2H3,(H,16,18)(H,19,20). The van der Waals surface area contributed by atoms with Gasteiger partial charge in [-0.25, -0.2) is 0 Å². The van der Waals surface area contributed by atoms with Gasteiger partial charge >= 0.3 is 5.97 Å². The van der Waals surface area contributed by atoms with Crippen LogP contribution in [0.15, 0.2) is 24.3 Å². The number of carbonyl (C=O) groups is 2. The van der Waals surface area contributed by atoms with Crippen LogP contribution in [0.5, 0.6) is 0 Å².